The summed E-state index contributed by atoms with van der Waals surface area (Å²) in [5.41, 5.74) is 2.82. The van der Waals surface area contributed by atoms with E-state index in [1.54, 1.807) is 0 Å². The third kappa shape index (κ3) is 14.6. The first-order valence-corrected chi connectivity index (χ1v) is 11.8. The summed E-state index contributed by atoms with van der Waals surface area (Å²) >= 11 is 1.43. The Morgan fingerprint density at radius 1 is 0.935 bits per heavy atom. The first kappa shape index (κ1) is 29.0. The summed E-state index contributed by atoms with van der Waals surface area (Å²) < 4.78 is 0. The molecule has 0 aromatic rings. The van der Waals surface area contributed by atoms with Gasteiger partial charge in [0.2, 0.25) is 5.91 Å². The highest BCUT2D eigenvalue weighted by atomic mass is 32.2. The second kappa shape index (κ2) is 14.9. The molecule has 0 saturated carbocycles. The molecule has 6 nitrogen and oxygen atoms in total. The van der Waals surface area contributed by atoms with Gasteiger partial charge in [-0.05, 0) is 53.4 Å². The molecule has 0 rings (SSSR count). The summed E-state index contributed by atoms with van der Waals surface area (Å²) in [7, 11) is 0. The Morgan fingerprint density at radius 3 is 2.00 bits per heavy atom. The number of aliphatic carboxylic acids is 2. The fourth-order valence-electron chi connectivity index (χ4n) is 2.71. The van der Waals surface area contributed by atoms with Crippen LogP contribution in [0.15, 0.2) is 34.9 Å². The van der Waals surface area contributed by atoms with Gasteiger partial charge in [-0.25, -0.2) is 4.79 Å². The Labute approximate surface area is 191 Å². The van der Waals surface area contributed by atoms with Crippen molar-refractivity contribution in [2.75, 3.05) is 11.5 Å². The van der Waals surface area contributed by atoms with Crippen LogP contribution in [-0.2, 0) is 14.4 Å². The Bertz CT molecular complexity index is 703. The van der Waals surface area contributed by atoms with Gasteiger partial charge in [-0.15, -0.1) is 0 Å². The summed E-state index contributed by atoms with van der Waals surface area (Å²) in [6, 6.07) is -1.05. The highest BCUT2D eigenvalue weighted by Gasteiger charge is 2.33. The minimum atomic E-state index is -1.17. The molecule has 0 aliphatic carbocycles. The van der Waals surface area contributed by atoms with Crippen molar-refractivity contribution in [1.82, 2.24) is 5.32 Å². The van der Waals surface area contributed by atoms with E-state index in [-0.39, 0.29) is 12.2 Å². The molecule has 0 fully saturated rings. The number of rotatable bonds is 15. The molecule has 0 radical (unpaired) electrons. The van der Waals surface area contributed by atoms with E-state index in [0.717, 1.165) is 25.7 Å². The summed E-state index contributed by atoms with van der Waals surface area (Å²) in [5.74, 6) is -1.91. The molecule has 0 heterocycles. The number of allylic oxidation sites excluding steroid dienone is 5. The van der Waals surface area contributed by atoms with Crippen LogP contribution >= 0.6 is 11.8 Å². The van der Waals surface area contributed by atoms with Crippen molar-refractivity contribution in [3.8, 4) is 0 Å². The fraction of sp³-hybridized carbons (Fsp3) is 0.625. The zero-order valence-corrected chi connectivity index (χ0v) is 20.6. The van der Waals surface area contributed by atoms with Gasteiger partial charge in [0.25, 0.3) is 0 Å². The molecule has 1 amide bonds. The fourth-order valence-corrected chi connectivity index (χ4v) is 3.71. The van der Waals surface area contributed by atoms with E-state index >= 15 is 0 Å². The molecule has 0 aliphatic rings. The largest absolute Gasteiger partial charge is 0.481 e. The number of carboxylic acid groups (broad SMARTS) is 2. The Morgan fingerprint density at radius 2 is 1.48 bits per heavy atom. The van der Waals surface area contributed by atoms with E-state index < -0.39 is 29.3 Å². The van der Waals surface area contributed by atoms with Crippen LogP contribution in [0.5, 0.6) is 0 Å². The van der Waals surface area contributed by atoms with E-state index in [9.17, 15) is 19.5 Å². The smallest absolute Gasteiger partial charge is 0.327 e. The molecule has 0 spiro atoms. The number of amides is 1. The lowest BCUT2D eigenvalue weighted by Crippen LogP contribution is -2.48. The van der Waals surface area contributed by atoms with E-state index in [1.807, 2.05) is 0 Å². The molecular weight excluding hydrogens is 414 g/mol. The van der Waals surface area contributed by atoms with Crippen molar-refractivity contribution in [3.05, 3.63) is 34.9 Å². The second-order valence-electron chi connectivity index (χ2n) is 8.82. The van der Waals surface area contributed by atoms with Crippen LogP contribution in [0.25, 0.3) is 0 Å². The normalized spacial score (nSPS) is 13.5. The highest BCUT2D eigenvalue weighted by molar-refractivity contribution is 7.99. The van der Waals surface area contributed by atoms with Crippen molar-refractivity contribution in [1.29, 1.82) is 0 Å². The summed E-state index contributed by atoms with van der Waals surface area (Å²) in [5, 5.41) is 20.7. The maximum Gasteiger partial charge on any atom is 0.327 e. The van der Waals surface area contributed by atoms with Crippen molar-refractivity contribution < 1.29 is 24.6 Å². The predicted octanol–water partition coefficient (Wildman–Crippen LogP) is 5.21. The van der Waals surface area contributed by atoms with Gasteiger partial charge in [-0.2, -0.15) is 11.8 Å². The summed E-state index contributed by atoms with van der Waals surface area (Å²) in [6.45, 7) is 11.4. The second-order valence-corrected chi connectivity index (χ2v) is 9.89. The molecule has 1 atom stereocenters. The SMILES string of the molecule is CC(C)=CCC/C(C)=C/CC/C(C)=C/CSC[C@H](NC(=O)C(C)(C)CC(=O)O)C(=O)O. The number of carboxylic acids is 2. The van der Waals surface area contributed by atoms with Crippen molar-refractivity contribution in [2.45, 2.75) is 79.7 Å². The third-order valence-corrected chi connectivity index (χ3v) is 5.74. The molecular formula is C24H39NO5S. The van der Waals surface area contributed by atoms with Crippen LogP contribution in [0.4, 0.5) is 0 Å². The maximum absolute atomic E-state index is 12.3. The van der Waals surface area contributed by atoms with Crippen LogP contribution in [0.1, 0.15) is 73.6 Å². The van der Waals surface area contributed by atoms with Crippen molar-refractivity contribution in [2.24, 2.45) is 5.41 Å². The average Bonchev–Trinajstić information content (AvgIpc) is 2.62. The monoisotopic (exact) mass is 453 g/mol. The molecule has 31 heavy (non-hydrogen) atoms. The van der Waals surface area contributed by atoms with Crippen LogP contribution in [-0.4, -0.2) is 45.6 Å². The van der Waals surface area contributed by atoms with E-state index in [2.05, 4.69) is 51.2 Å². The molecule has 0 unspecified atom stereocenters. The standard InChI is InChI=1S/C24H39NO5S/c1-17(2)9-7-10-18(3)11-8-12-19(4)13-14-31-16-20(22(28)29)25-23(30)24(5,6)15-21(26)27/h9,11,13,20H,7-8,10,12,14-16H2,1-6H3,(H,25,30)(H,26,27)(H,28,29)/b18-11+,19-13+/t20-/m0/s1. The molecule has 0 bridgehead atoms. The van der Waals surface area contributed by atoms with Gasteiger partial charge in [-0.1, -0.05) is 48.8 Å². The quantitative estimate of drug-likeness (QED) is 0.232. The van der Waals surface area contributed by atoms with Crippen LogP contribution in [0.2, 0.25) is 0 Å². The van der Waals surface area contributed by atoms with Gasteiger partial charge in [0.15, 0.2) is 0 Å². The summed E-state index contributed by atoms with van der Waals surface area (Å²) in [6.07, 6.45) is 10.4. The minimum absolute atomic E-state index is 0.220. The number of nitrogens with one attached hydrogen (secondary N) is 1. The van der Waals surface area contributed by atoms with Crippen molar-refractivity contribution >= 4 is 29.6 Å². The first-order chi connectivity index (χ1) is 14.3. The van der Waals surface area contributed by atoms with E-state index in [0.29, 0.717) is 5.75 Å². The van der Waals surface area contributed by atoms with Gasteiger partial charge < -0.3 is 15.5 Å². The van der Waals surface area contributed by atoms with Gasteiger partial charge in [0.05, 0.1) is 11.8 Å². The van der Waals surface area contributed by atoms with Crippen LogP contribution in [0.3, 0.4) is 0 Å². The van der Waals surface area contributed by atoms with Gasteiger partial charge in [0, 0.05) is 11.5 Å². The van der Waals surface area contributed by atoms with Gasteiger partial charge in [-0.3, -0.25) is 9.59 Å². The average molecular weight is 454 g/mol. The summed E-state index contributed by atoms with van der Waals surface area (Å²) in [4.78, 5) is 34.6. The lowest BCUT2D eigenvalue weighted by molar-refractivity contribution is -0.146. The van der Waals surface area contributed by atoms with Gasteiger partial charge >= 0.3 is 11.9 Å². The molecule has 0 aliphatic heterocycles. The van der Waals surface area contributed by atoms with Gasteiger partial charge in [0.1, 0.15) is 6.04 Å². The topological polar surface area (TPSA) is 104 Å². The number of carbonyl (C=O) groups is 3. The Hall–Kier alpha value is -2.02. The number of hydrogen-bond donors (Lipinski definition) is 3. The number of hydrogen-bond acceptors (Lipinski definition) is 4. The van der Waals surface area contributed by atoms with Crippen LogP contribution in [0, 0.1) is 5.41 Å². The minimum Gasteiger partial charge on any atom is -0.481 e. The Balaban J connectivity index is 4.44. The molecule has 0 aromatic heterocycles. The van der Waals surface area contributed by atoms with E-state index in [1.165, 1.54) is 42.3 Å². The zero-order chi connectivity index (χ0) is 24.0. The molecule has 0 aromatic carbocycles. The molecule has 7 heteroatoms. The van der Waals surface area contributed by atoms with E-state index in [4.69, 9.17) is 5.11 Å². The molecule has 176 valence electrons. The lowest BCUT2D eigenvalue weighted by atomic mass is 9.88. The van der Waals surface area contributed by atoms with Crippen LogP contribution < -0.4 is 5.32 Å². The number of carbonyl (C=O) groups excluding carboxylic acids is 1. The third-order valence-electron chi connectivity index (χ3n) is 4.77. The van der Waals surface area contributed by atoms with Crippen molar-refractivity contribution in [3.63, 3.8) is 0 Å². The number of thioether (sulfide) groups is 1. The zero-order valence-electron chi connectivity index (χ0n) is 19.8. The maximum atomic E-state index is 12.3. The highest BCUT2D eigenvalue weighted by Crippen LogP contribution is 2.21. The lowest BCUT2D eigenvalue weighted by Gasteiger charge is -2.24. The predicted molar refractivity (Wildman–Crippen MR) is 128 cm³/mol. The Kier molecular flexibility index (Phi) is 13.9. The first-order valence-electron chi connectivity index (χ1n) is 10.6. The molecule has 0 saturated heterocycles. The molecule has 3 N–H and O–H groups in total.